The minimum Gasteiger partial charge on any atom is -0.309 e. The topological polar surface area (TPSA) is 131 Å². The molecule has 0 radical (unpaired) electrons. The van der Waals surface area contributed by atoms with Crippen LogP contribution in [0.2, 0.25) is 0 Å². The molecule has 23 aromatic carbocycles. The lowest BCUT2D eigenvalue weighted by Gasteiger charge is -2.16. The van der Waals surface area contributed by atoms with Gasteiger partial charge in [-0.05, 0) is 167 Å². The molecular formula is C137H88N12. The summed E-state index contributed by atoms with van der Waals surface area (Å²) in [6.07, 6.45) is 0. The molecule has 0 aliphatic rings. The molecule has 0 atom stereocenters. The van der Waals surface area contributed by atoms with E-state index in [1.807, 2.05) is 167 Å². The Morgan fingerprint density at radius 2 is 0.443 bits per heavy atom. The molecule has 0 saturated carbocycles. The lowest BCUT2D eigenvalue weighted by atomic mass is 9.97. The summed E-state index contributed by atoms with van der Waals surface area (Å²) in [7, 11) is 0. The van der Waals surface area contributed by atoms with Gasteiger partial charge in [0.25, 0.3) is 0 Å². The minimum absolute atomic E-state index is 0.00669. The van der Waals surface area contributed by atoms with E-state index in [0.29, 0.717) is 72.7 Å². The number of aromatic nitrogens is 12. The third kappa shape index (κ3) is 16.2. The van der Waals surface area contributed by atoms with Crippen LogP contribution in [0.25, 0.3) is 272 Å². The van der Waals surface area contributed by atoms with Crippen molar-refractivity contribution in [2.24, 2.45) is 0 Å². The first kappa shape index (κ1) is 62.3. The fourth-order valence-corrected chi connectivity index (χ4v) is 19.9. The summed E-state index contributed by atoms with van der Waals surface area (Å²) in [5, 5.41) is 9.48. The standard InChI is InChI=1S/C49H32N4.C45H28N4.C43H28N4/c1-3-17-33(18-4-1)35-21-7-11-27-41(35)47-50-48(42-28-12-8-22-36(42)34-19-5-2-6-20-34)52-49(51-47)43-31-32-46(38-24-10-9-23-37(38)43)53-44-29-15-13-25-39(44)40-26-14-16-30-45(40)53;1-3-13-31-25-35(23-21-29(31)11-1)43-46-44(36-24-22-30-12-2-4-14-32(30)26-36)48-45(47-43)39-27-33-15-5-6-16-34(33)28-42(39)49-40-19-9-7-17-37(40)38-18-8-10-20-41(38)49;1-4-15-29(16-5-1)34-24-14-26-38-40(34)35-23-12-13-25-37(35)47(38)39-28-33-22-11-10-21-32(33)27-36(39)43-45-41(30-17-6-2-7-18-30)44-42(46-43)31-19-8-3-9-20-31/h1-32H;1-28H;1-28H/i;1D,2D,3D,4D,11D,12D,13D,14D,21D,22D,23D,24D,25D,26D;1D,2D,3D,4D,5D,6D,7D,8D,9D,15D,16D,17D,18D,19D,20D. The van der Waals surface area contributed by atoms with E-state index in [4.69, 9.17) is 69.2 Å². The second-order valence-corrected chi connectivity index (χ2v) is 35.1. The molecule has 29 aromatic rings. The highest BCUT2D eigenvalue weighted by Crippen LogP contribution is 2.47. The maximum absolute atomic E-state index is 9.39. The highest BCUT2D eigenvalue weighted by atomic mass is 15.1. The lowest BCUT2D eigenvalue weighted by molar-refractivity contribution is 1.07. The molecule has 6 aromatic heterocycles. The van der Waals surface area contributed by atoms with Crippen LogP contribution >= 0.6 is 0 Å². The van der Waals surface area contributed by atoms with E-state index in [1.54, 1.807) is 18.2 Å². The molecule has 12 nitrogen and oxygen atoms in total. The number of benzene rings is 23. The second-order valence-electron chi connectivity index (χ2n) is 35.1. The van der Waals surface area contributed by atoms with Crippen molar-refractivity contribution in [3.63, 3.8) is 0 Å². The van der Waals surface area contributed by atoms with Crippen LogP contribution in [0.5, 0.6) is 0 Å². The SMILES string of the molecule is [2H]c1c([2H])c([2H])c(-c2nc(-c3cc4ccccc4cc3-n3c4ccccc4c4c(-c5c([2H])c([2H])c([2H])c([2H])c5[2H])cccc43)nc(-c3c([2H])c([2H])c([2H])c([2H])c3[2H])n2)c([2H])c1[2H].[2H]c1c([2H])c([2H])c2c([2H])c(-c3nc(-c4cc5ccccc5cc4-n4c5ccccc5c5ccccc54)nc(-c4c([2H])c([2H])c5c([2H])c([2H])c([2H])c([2H])c5c4[2H])n3)c([2H])c([2H])c2c1[2H].c1ccc(-c2ccccc2-c2nc(-c3ccccc3-c3ccccc3)nc(-c3ccc(-n4c5ccccc5c5ccccc54)c4ccccc34)n2)cc1. The molecule has 0 fully saturated rings. The molecule has 12 heteroatoms. The Balaban J connectivity index is 0.000000126. The molecule has 0 spiro atoms. The molecule has 0 aliphatic heterocycles. The number of para-hydroxylation sites is 5. The maximum atomic E-state index is 9.39. The molecule has 0 unspecified atom stereocenters. The van der Waals surface area contributed by atoms with Gasteiger partial charge in [-0.1, -0.05) is 448 Å². The minimum atomic E-state index is -0.668. The van der Waals surface area contributed by atoms with Gasteiger partial charge in [0.1, 0.15) is 0 Å². The van der Waals surface area contributed by atoms with Crippen LogP contribution in [0, 0.1) is 0 Å². The monoisotopic (exact) mass is 1930 g/mol. The first-order valence-electron chi connectivity index (χ1n) is 62.3. The van der Waals surface area contributed by atoms with Gasteiger partial charge in [-0.15, -0.1) is 0 Å². The van der Waals surface area contributed by atoms with Gasteiger partial charge in [0.2, 0.25) is 0 Å². The summed E-state index contributed by atoms with van der Waals surface area (Å²) >= 11 is 0. The van der Waals surface area contributed by atoms with Gasteiger partial charge in [-0.3, -0.25) is 0 Å². The summed E-state index contributed by atoms with van der Waals surface area (Å²) in [5.41, 5.74) is 14.0. The van der Waals surface area contributed by atoms with Crippen molar-refractivity contribution in [2.45, 2.75) is 0 Å². The zero-order chi connectivity index (χ0) is 124. The summed E-state index contributed by atoms with van der Waals surface area (Å²) in [6, 6.07) is 101. The highest BCUT2D eigenvalue weighted by Gasteiger charge is 2.28. The predicted molar refractivity (Wildman–Crippen MR) is 615 cm³/mol. The summed E-state index contributed by atoms with van der Waals surface area (Å²) in [6.45, 7) is 0. The van der Waals surface area contributed by atoms with Crippen LogP contribution < -0.4 is 0 Å². The smallest absolute Gasteiger partial charge is 0.166 e. The Labute approximate surface area is 899 Å². The Kier molecular flexibility index (Phi) is 15.8. The van der Waals surface area contributed by atoms with Crippen molar-refractivity contribution in [1.29, 1.82) is 0 Å². The Morgan fingerprint density at radius 3 is 0.886 bits per heavy atom. The number of rotatable bonds is 15. The van der Waals surface area contributed by atoms with Gasteiger partial charge in [-0.25, -0.2) is 44.9 Å². The van der Waals surface area contributed by atoms with E-state index >= 15 is 0 Å². The van der Waals surface area contributed by atoms with Crippen molar-refractivity contribution in [1.82, 2.24) is 58.6 Å². The molecule has 0 saturated heterocycles. The third-order valence-corrected chi connectivity index (χ3v) is 26.5. The van der Waals surface area contributed by atoms with E-state index in [9.17, 15) is 5.48 Å². The van der Waals surface area contributed by atoms with E-state index in [2.05, 4.69) is 197 Å². The van der Waals surface area contributed by atoms with Gasteiger partial charge >= 0.3 is 0 Å². The largest absolute Gasteiger partial charge is 0.309 e. The van der Waals surface area contributed by atoms with Crippen LogP contribution in [0.4, 0.5) is 0 Å². The fourth-order valence-electron chi connectivity index (χ4n) is 19.9. The van der Waals surface area contributed by atoms with E-state index in [1.165, 1.54) is 21.8 Å². The molecule has 696 valence electrons. The zero-order valence-electron chi connectivity index (χ0n) is 107. The Hall–Kier alpha value is -20.2. The van der Waals surface area contributed by atoms with Crippen molar-refractivity contribution < 1.29 is 39.8 Å². The number of hydrogen-bond acceptors (Lipinski definition) is 9. The van der Waals surface area contributed by atoms with Crippen molar-refractivity contribution in [3.8, 4) is 153 Å². The van der Waals surface area contributed by atoms with Crippen molar-refractivity contribution in [2.75, 3.05) is 0 Å². The molecule has 0 aliphatic carbocycles. The number of nitrogens with zero attached hydrogens (tertiary/aromatic N) is 12. The van der Waals surface area contributed by atoms with Gasteiger partial charge in [-0.2, -0.15) is 0 Å². The molecule has 0 bridgehead atoms. The molecule has 0 amide bonds. The number of hydrogen-bond donors (Lipinski definition) is 0. The van der Waals surface area contributed by atoms with E-state index in [0.717, 1.165) is 93.4 Å². The predicted octanol–water partition coefficient (Wildman–Crippen LogP) is 34.7. The quantitative estimate of drug-likeness (QED) is 0.0984. The first-order valence-corrected chi connectivity index (χ1v) is 47.8. The normalized spacial score (nSPS) is 14.2. The molecule has 6 heterocycles. The van der Waals surface area contributed by atoms with Crippen LogP contribution in [0.3, 0.4) is 0 Å². The van der Waals surface area contributed by atoms with E-state index in [-0.39, 0.29) is 50.8 Å². The van der Waals surface area contributed by atoms with Gasteiger partial charge in [0.15, 0.2) is 52.4 Å². The van der Waals surface area contributed by atoms with Crippen molar-refractivity contribution >= 4 is 119 Å². The average molecular weight is 1930 g/mol. The van der Waals surface area contributed by atoms with Crippen molar-refractivity contribution in [3.05, 3.63) is 533 Å². The summed E-state index contributed by atoms with van der Waals surface area (Å²) < 4.78 is 258. The van der Waals surface area contributed by atoms with Gasteiger partial charge in [0.05, 0.1) is 89.9 Å². The Morgan fingerprint density at radius 1 is 0.148 bits per heavy atom. The van der Waals surface area contributed by atoms with Gasteiger partial charge < -0.3 is 13.7 Å². The fraction of sp³-hybridized carbons (Fsp3) is 0. The van der Waals surface area contributed by atoms with Crippen LogP contribution in [0.1, 0.15) is 39.8 Å². The average Bonchev–Trinajstić information content (AvgIpc) is 1.29. The summed E-state index contributed by atoms with van der Waals surface area (Å²) in [5.74, 6) is -0.0387. The molecular weight excluding hydrogens is 1810 g/mol. The summed E-state index contributed by atoms with van der Waals surface area (Å²) in [4.78, 5) is 44.1. The maximum Gasteiger partial charge on any atom is 0.166 e. The van der Waals surface area contributed by atoms with E-state index < -0.39 is 209 Å². The number of fused-ring (bicyclic) bond motifs is 14. The van der Waals surface area contributed by atoms with Crippen LogP contribution in [0.15, 0.2) is 533 Å². The highest BCUT2D eigenvalue weighted by molar-refractivity contribution is 6.18. The zero-order valence-corrected chi connectivity index (χ0v) is 78.4. The molecule has 29 rings (SSSR count). The lowest BCUT2D eigenvalue weighted by Crippen LogP contribution is -2.04. The molecule has 0 N–H and O–H groups in total. The Bertz CT molecular complexity index is 11700. The molecule has 149 heavy (non-hydrogen) atoms. The third-order valence-electron chi connectivity index (χ3n) is 26.5. The van der Waals surface area contributed by atoms with Crippen LogP contribution in [-0.4, -0.2) is 58.6 Å². The van der Waals surface area contributed by atoms with Gasteiger partial charge in [0, 0.05) is 87.8 Å². The second kappa shape index (κ2) is 37.9. The van der Waals surface area contributed by atoms with Crippen LogP contribution in [-0.2, 0) is 0 Å². The first-order chi connectivity index (χ1) is 86.0.